The molecule has 0 spiro atoms. The Bertz CT molecular complexity index is 901. The third-order valence-electron chi connectivity index (χ3n) is 5.08. The molecule has 2 aromatic heterocycles. The van der Waals surface area contributed by atoms with Gasteiger partial charge in [-0.15, -0.1) is 0 Å². The lowest BCUT2D eigenvalue weighted by Crippen LogP contribution is -2.46. The molecule has 1 saturated heterocycles. The van der Waals surface area contributed by atoms with Gasteiger partial charge in [-0.3, -0.25) is 4.90 Å². The van der Waals surface area contributed by atoms with Crippen LogP contribution < -0.4 is 9.64 Å². The Morgan fingerprint density at radius 3 is 2.70 bits per heavy atom. The minimum Gasteiger partial charge on any atom is -0.496 e. The first-order valence-corrected chi connectivity index (χ1v) is 9.22. The number of ether oxygens (including phenoxy) is 2. The van der Waals surface area contributed by atoms with Crippen LogP contribution in [-0.2, 0) is 17.9 Å². The first-order valence-electron chi connectivity index (χ1n) is 9.22. The molecule has 0 amide bonds. The fourth-order valence-electron chi connectivity index (χ4n) is 3.71. The van der Waals surface area contributed by atoms with Gasteiger partial charge in [-0.05, 0) is 29.8 Å². The Hall–Kier alpha value is -2.57. The number of aromatic nitrogens is 1. The van der Waals surface area contributed by atoms with Crippen molar-refractivity contribution in [2.75, 3.05) is 45.3 Å². The minimum atomic E-state index is 0.561. The Balaban J connectivity index is 1.41. The summed E-state index contributed by atoms with van der Waals surface area (Å²) in [5, 5.41) is 1.09. The monoisotopic (exact) mass is 367 g/mol. The van der Waals surface area contributed by atoms with Crippen LogP contribution in [0.25, 0.3) is 11.0 Å². The second-order valence-electron chi connectivity index (χ2n) is 6.81. The molecule has 0 aliphatic carbocycles. The summed E-state index contributed by atoms with van der Waals surface area (Å²) in [7, 11) is 3.40. The summed E-state index contributed by atoms with van der Waals surface area (Å²) in [5.74, 6) is 1.90. The number of hydrogen-bond donors (Lipinski definition) is 0. The molecule has 0 N–H and O–H groups in total. The highest BCUT2D eigenvalue weighted by Gasteiger charge is 2.20. The van der Waals surface area contributed by atoms with Gasteiger partial charge in [0.15, 0.2) is 0 Å². The molecular formula is C21H25N3O3. The number of nitrogens with zero attached hydrogens (tertiary/aromatic N) is 3. The molecule has 4 rings (SSSR count). The van der Waals surface area contributed by atoms with E-state index < -0.39 is 0 Å². The van der Waals surface area contributed by atoms with E-state index in [4.69, 9.17) is 13.9 Å². The molecule has 0 atom stereocenters. The largest absolute Gasteiger partial charge is 0.496 e. The molecule has 1 aromatic carbocycles. The number of rotatable bonds is 6. The number of benzene rings is 1. The van der Waals surface area contributed by atoms with Crippen LogP contribution in [0.4, 0.5) is 5.82 Å². The lowest BCUT2D eigenvalue weighted by molar-refractivity contribution is 0.181. The molecule has 0 saturated carbocycles. The lowest BCUT2D eigenvalue weighted by atomic mass is 10.1. The van der Waals surface area contributed by atoms with Crippen LogP contribution in [0.3, 0.4) is 0 Å². The normalized spacial score (nSPS) is 15.4. The molecule has 6 heteroatoms. The molecule has 1 aliphatic heterocycles. The smallest absolute Gasteiger partial charge is 0.139 e. The second-order valence-corrected chi connectivity index (χ2v) is 6.81. The maximum absolute atomic E-state index is 5.50. The zero-order chi connectivity index (χ0) is 18.6. The van der Waals surface area contributed by atoms with Gasteiger partial charge in [0.25, 0.3) is 0 Å². The number of methoxy groups -OCH3 is 2. The van der Waals surface area contributed by atoms with Gasteiger partial charge in [0.05, 0.1) is 25.4 Å². The predicted molar refractivity (Wildman–Crippen MR) is 105 cm³/mol. The quantitative estimate of drug-likeness (QED) is 0.666. The van der Waals surface area contributed by atoms with Crippen LogP contribution in [0, 0.1) is 0 Å². The molecular weight excluding hydrogens is 342 g/mol. The average molecular weight is 367 g/mol. The molecule has 6 nitrogen and oxygen atoms in total. The van der Waals surface area contributed by atoms with Gasteiger partial charge in [0.2, 0.25) is 0 Å². The zero-order valence-electron chi connectivity index (χ0n) is 15.9. The third-order valence-corrected chi connectivity index (χ3v) is 5.08. The lowest BCUT2D eigenvalue weighted by Gasteiger charge is -2.35. The van der Waals surface area contributed by atoms with Crippen molar-refractivity contribution in [1.82, 2.24) is 9.88 Å². The molecule has 142 valence electrons. The summed E-state index contributed by atoms with van der Waals surface area (Å²) < 4.78 is 16.2. The summed E-state index contributed by atoms with van der Waals surface area (Å²) in [6.07, 6.45) is 3.55. The molecule has 0 bridgehead atoms. The van der Waals surface area contributed by atoms with E-state index in [1.807, 2.05) is 24.4 Å². The van der Waals surface area contributed by atoms with E-state index >= 15 is 0 Å². The summed E-state index contributed by atoms with van der Waals surface area (Å²) >= 11 is 0. The summed E-state index contributed by atoms with van der Waals surface area (Å²) in [4.78, 5) is 9.41. The number of anilines is 1. The summed E-state index contributed by atoms with van der Waals surface area (Å²) in [6.45, 7) is 5.41. The van der Waals surface area contributed by atoms with Gasteiger partial charge in [-0.1, -0.05) is 6.07 Å². The molecule has 27 heavy (non-hydrogen) atoms. The Morgan fingerprint density at radius 2 is 1.93 bits per heavy atom. The van der Waals surface area contributed by atoms with E-state index in [9.17, 15) is 0 Å². The highest BCUT2D eigenvalue weighted by atomic mass is 16.5. The van der Waals surface area contributed by atoms with Crippen LogP contribution in [-0.4, -0.2) is 50.3 Å². The Morgan fingerprint density at radius 1 is 1.07 bits per heavy atom. The van der Waals surface area contributed by atoms with E-state index in [0.717, 1.165) is 60.8 Å². The number of hydrogen-bond acceptors (Lipinski definition) is 6. The predicted octanol–water partition coefficient (Wildman–Crippen LogP) is 3.31. The van der Waals surface area contributed by atoms with Crippen molar-refractivity contribution in [1.29, 1.82) is 0 Å². The maximum Gasteiger partial charge on any atom is 0.139 e. The second kappa shape index (κ2) is 7.98. The highest BCUT2D eigenvalue weighted by Crippen LogP contribution is 2.26. The summed E-state index contributed by atoms with van der Waals surface area (Å²) in [5.41, 5.74) is 3.27. The van der Waals surface area contributed by atoms with Crippen molar-refractivity contribution in [3.63, 3.8) is 0 Å². The van der Waals surface area contributed by atoms with Crippen molar-refractivity contribution in [3.05, 3.63) is 53.9 Å². The molecule has 0 radical (unpaired) electrons. The zero-order valence-corrected chi connectivity index (χ0v) is 15.9. The van der Waals surface area contributed by atoms with Crippen LogP contribution in [0.1, 0.15) is 11.1 Å². The topological polar surface area (TPSA) is 51.0 Å². The van der Waals surface area contributed by atoms with Crippen molar-refractivity contribution < 1.29 is 13.9 Å². The number of pyridine rings is 1. The van der Waals surface area contributed by atoms with Gasteiger partial charge in [0, 0.05) is 51.6 Å². The van der Waals surface area contributed by atoms with E-state index in [0.29, 0.717) is 6.61 Å². The highest BCUT2D eigenvalue weighted by molar-refractivity contribution is 5.88. The number of piperazine rings is 1. The first kappa shape index (κ1) is 17.8. The van der Waals surface area contributed by atoms with Gasteiger partial charge >= 0.3 is 0 Å². The standard InChI is InChI=1S/C21H25N3O3/c1-25-15-17-13-16(3-4-19(17)26-2)14-23-8-10-24(11-9-23)21-18-6-12-27-20(18)5-7-22-21/h3-7,12-13H,8-11,14-15H2,1-2H3. The van der Waals surface area contributed by atoms with Gasteiger partial charge in [0.1, 0.15) is 17.2 Å². The van der Waals surface area contributed by atoms with Gasteiger partial charge in [-0.2, -0.15) is 0 Å². The van der Waals surface area contributed by atoms with Crippen LogP contribution in [0.2, 0.25) is 0 Å². The maximum atomic E-state index is 5.50. The first-order chi connectivity index (χ1) is 13.3. The van der Waals surface area contributed by atoms with E-state index in [-0.39, 0.29) is 0 Å². The number of furan rings is 1. The minimum absolute atomic E-state index is 0.561. The molecule has 1 aliphatic rings. The van der Waals surface area contributed by atoms with Crippen LogP contribution >= 0.6 is 0 Å². The number of fused-ring (bicyclic) bond motifs is 1. The van der Waals surface area contributed by atoms with Gasteiger partial charge in [-0.25, -0.2) is 4.98 Å². The fourth-order valence-corrected chi connectivity index (χ4v) is 3.71. The van der Waals surface area contributed by atoms with Crippen molar-refractivity contribution in [2.24, 2.45) is 0 Å². The molecule has 3 heterocycles. The molecule has 0 unspecified atom stereocenters. The van der Waals surface area contributed by atoms with Crippen LogP contribution in [0.15, 0.2) is 47.2 Å². The van der Waals surface area contributed by atoms with Gasteiger partial charge < -0.3 is 18.8 Å². The van der Waals surface area contributed by atoms with Crippen LogP contribution in [0.5, 0.6) is 5.75 Å². The Kier molecular flexibility index (Phi) is 5.27. The fraction of sp³-hybridized carbons (Fsp3) is 0.381. The molecule has 1 fully saturated rings. The van der Waals surface area contributed by atoms with E-state index in [1.165, 1.54) is 5.56 Å². The van der Waals surface area contributed by atoms with Crippen molar-refractivity contribution >= 4 is 16.8 Å². The third kappa shape index (κ3) is 3.77. The van der Waals surface area contributed by atoms with E-state index in [2.05, 4.69) is 26.9 Å². The average Bonchev–Trinajstić information content (AvgIpc) is 3.18. The Labute approximate surface area is 159 Å². The van der Waals surface area contributed by atoms with Crippen molar-refractivity contribution in [2.45, 2.75) is 13.2 Å². The summed E-state index contributed by atoms with van der Waals surface area (Å²) in [6, 6.07) is 10.3. The molecule has 3 aromatic rings. The SMILES string of the molecule is COCc1cc(CN2CCN(c3nccc4occc34)CC2)ccc1OC. The van der Waals surface area contributed by atoms with Crippen molar-refractivity contribution in [3.8, 4) is 5.75 Å². The van der Waals surface area contributed by atoms with E-state index in [1.54, 1.807) is 20.5 Å².